The maximum absolute atomic E-state index is 11.6. The van der Waals surface area contributed by atoms with E-state index in [2.05, 4.69) is 47.1 Å². The Bertz CT molecular complexity index is 1160. The number of nitrogens with zero attached hydrogens (tertiary/aromatic N) is 6. The van der Waals surface area contributed by atoms with Gasteiger partial charge in [0, 0.05) is 84.3 Å². The van der Waals surface area contributed by atoms with Crippen LogP contribution >= 0.6 is 11.8 Å². The van der Waals surface area contributed by atoms with Crippen molar-refractivity contribution >= 4 is 29.7 Å². The molecule has 1 aromatic carbocycles. The number of carboxylic acids is 3. The van der Waals surface area contributed by atoms with Gasteiger partial charge in [-0.3, -0.25) is 43.9 Å². The Balaban J connectivity index is 1.74. The molecule has 2 heterocycles. The molecule has 0 aliphatic carbocycles. The van der Waals surface area contributed by atoms with Crippen LogP contribution in [0.4, 0.5) is 0 Å². The fraction of sp³-hybridized carbons (Fsp3) is 0.562. The number of aliphatic carboxylic acids is 3. The summed E-state index contributed by atoms with van der Waals surface area (Å²) in [5, 5.41) is 28.4. The number of hydrogen-bond acceptors (Lipinski definition) is 10. The van der Waals surface area contributed by atoms with Gasteiger partial charge in [-0.1, -0.05) is 43.3 Å². The summed E-state index contributed by atoms with van der Waals surface area (Å²) in [7, 11) is 0. The standard InChI is InChI=1S/C32H48N6O6S/c1-2-45-20-19-38(21-27-7-4-3-5-8-27)23-29-10-6-9-28(33-29)22-34-11-13-35(24-30(39)40)15-17-37(26-32(43)44)18-16-36(14-12-34)25-31(41)42/h3-10H,2,11-26H2,1H3,(H,39,40)(H,41,42)(H,43,44). The van der Waals surface area contributed by atoms with E-state index < -0.39 is 17.9 Å². The Hall–Kier alpha value is -3.07. The number of pyridine rings is 1. The van der Waals surface area contributed by atoms with Crippen LogP contribution in [0, 0.1) is 0 Å². The molecule has 1 fully saturated rings. The first kappa shape index (κ1) is 36.4. The van der Waals surface area contributed by atoms with Gasteiger partial charge in [0.2, 0.25) is 0 Å². The van der Waals surface area contributed by atoms with Crippen LogP contribution in [0.15, 0.2) is 48.5 Å². The minimum atomic E-state index is -0.972. The highest BCUT2D eigenvalue weighted by Crippen LogP contribution is 2.13. The molecule has 0 unspecified atom stereocenters. The Morgan fingerprint density at radius 2 is 1.18 bits per heavy atom. The summed E-state index contributed by atoms with van der Waals surface area (Å²) in [6.45, 7) is 8.40. The smallest absolute Gasteiger partial charge is 0.317 e. The van der Waals surface area contributed by atoms with E-state index >= 15 is 0 Å². The number of benzene rings is 1. The van der Waals surface area contributed by atoms with Crippen LogP contribution in [-0.4, -0.2) is 153 Å². The van der Waals surface area contributed by atoms with Gasteiger partial charge in [0.1, 0.15) is 0 Å². The number of hydrogen-bond donors (Lipinski definition) is 3. The van der Waals surface area contributed by atoms with E-state index in [0.717, 1.165) is 42.5 Å². The van der Waals surface area contributed by atoms with Crippen LogP contribution in [0.5, 0.6) is 0 Å². The molecule has 0 spiro atoms. The fourth-order valence-electron chi connectivity index (χ4n) is 5.34. The molecule has 13 heteroatoms. The largest absolute Gasteiger partial charge is 0.480 e. The summed E-state index contributed by atoms with van der Waals surface area (Å²) in [4.78, 5) is 49.7. The van der Waals surface area contributed by atoms with Gasteiger partial charge in [-0.15, -0.1) is 0 Å². The van der Waals surface area contributed by atoms with Gasteiger partial charge in [0.25, 0.3) is 0 Å². The Morgan fingerprint density at radius 1 is 0.689 bits per heavy atom. The average Bonchev–Trinajstić information content (AvgIpc) is 2.98. The van der Waals surface area contributed by atoms with Crippen LogP contribution in [-0.2, 0) is 34.0 Å². The summed E-state index contributed by atoms with van der Waals surface area (Å²) >= 11 is 1.92. The predicted octanol–water partition coefficient (Wildman–Crippen LogP) is 1.81. The van der Waals surface area contributed by atoms with Crippen molar-refractivity contribution in [3.63, 3.8) is 0 Å². The highest BCUT2D eigenvalue weighted by Gasteiger charge is 2.20. The molecule has 1 aliphatic heterocycles. The van der Waals surface area contributed by atoms with Gasteiger partial charge in [-0.2, -0.15) is 11.8 Å². The summed E-state index contributed by atoms with van der Waals surface area (Å²) in [6, 6.07) is 16.5. The molecule has 1 aromatic heterocycles. The van der Waals surface area contributed by atoms with Crippen molar-refractivity contribution in [3.05, 3.63) is 65.5 Å². The van der Waals surface area contributed by atoms with Crippen molar-refractivity contribution in [2.24, 2.45) is 0 Å². The minimum absolute atomic E-state index is 0.138. The van der Waals surface area contributed by atoms with Gasteiger partial charge in [-0.05, 0) is 23.4 Å². The van der Waals surface area contributed by atoms with Crippen molar-refractivity contribution in [1.82, 2.24) is 29.5 Å². The predicted molar refractivity (Wildman–Crippen MR) is 175 cm³/mol. The van der Waals surface area contributed by atoms with E-state index in [0.29, 0.717) is 58.9 Å². The molecule has 1 saturated heterocycles. The molecule has 3 rings (SSSR count). The van der Waals surface area contributed by atoms with Crippen LogP contribution in [0.2, 0.25) is 0 Å². The van der Waals surface area contributed by atoms with Gasteiger partial charge >= 0.3 is 17.9 Å². The SMILES string of the molecule is CCSCCN(Cc1ccccc1)Cc1cccc(CN2CCN(CC(=O)O)CCN(CC(=O)O)CCN(CC(=O)O)CC2)n1. The molecule has 0 amide bonds. The molecule has 248 valence electrons. The van der Waals surface area contributed by atoms with Gasteiger partial charge in [-0.25, -0.2) is 0 Å². The first-order valence-corrected chi connectivity index (χ1v) is 16.7. The second kappa shape index (κ2) is 20.1. The topological polar surface area (TPSA) is 141 Å². The van der Waals surface area contributed by atoms with Crippen molar-refractivity contribution in [2.45, 2.75) is 26.6 Å². The summed E-state index contributed by atoms with van der Waals surface area (Å²) < 4.78 is 0. The molecule has 0 bridgehead atoms. The lowest BCUT2D eigenvalue weighted by Crippen LogP contribution is -2.48. The molecule has 12 nitrogen and oxygen atoms in total. The molecule has 45 heavy (non-hydrogen) atoms. The third-order valence-corrected chi connectivity index (χ3v) is 8.53. The van der Waals surface area contributed by atoms with E-state index in [1.165, 1.54) is 5.56 Å². The monoisotopic (exact) mass is 644 g/mol. The van der Waals surface area contributed by atoms with Crippen LogP contribution in [0.25, 0.3) is 0 Å². The zero-order valence-corrected chi connectivity index (χ0v) is 27.1. The third kappa shape index (κ3) is 15.2. The zero-order chi connectivity index (χ0) is 32.4. The number of thioether (sulfide) groups is 1. The van der Waals surface area contributed by atoms with Crippen molar-refractivity contribution in [1.29, 1.82) is 0 Å². The Labute approximate surface area is 270 Å². The van der Waals surface area contributed by atoms with Gasteiger partial charge in [0.15, 0.2) is 0 Å². The van der Waals surface area contributed by atoms with E-state index in [4.69, 9.17) is 4.98 Å². The van der Waals surface area contributed by atoms with Crippen molar-refractivity contribution in [3.8, 4) is 0 Å². The minimum Gasteiger partial charge on any atom is -0.480 e. The zero-order valence-electron chi connectivity index (χ0n) is 26.3. The quantitative estimate of drug-likeness (QED) is 0.229. The van der Waals surface area contributed by atoms with E-state index in [1.807, 2.05) is 39.8 Å². The van der Waals surface area contributed by atoms with Crippen LogP contribution < -0.4 is 0 Å². The molecule has 3 N–H and O–H groups in total. The molecular formula is C32H48N6O6S. The van der Waals surface area contributed by atoms with Crippen LogP contribution in [0.3, 0.4) is 0 Å². The third-order valence-electron chi connectivity index (χ3n) is 7.65. The lowest BCUT2D eigenvalue weighted by atomic mass is 10.2. The number of carboxylic acid groups (broad SMARTS) is 3. The maximum atomic E-state index is 11.6. The highest BCUT2D eigenvalue weighted by atomic mass is 32.2. The maximum Gasteiger partial charge on any atom is 0.317 e. The molecule has 0 radical (unpaired) electrons. The molecule has 2 aromatic rings. The molecule has 1 aliphatic rings. The molecular weight excluding hydrogens is 596 g/mol. The van der Waals surface area contributed by atoms with Crippen molar-refractivity contribution < 1.29 is 29.7 Å². The second-order valence-corrected chi connectivity index (χ2v) is 12.7. The van der Waals surface area contributed by atoms with E-state index in [-0.39, 0.29) is 19.6 Å². The number of carbonyl (C=O) groups is 3. The molecule has 0 atom stereocenters. The summed E-state index contributed by atoms with van der Waals surface area (Å²) in [5.74, 6) is -0.710. The summed E-state index contributed by atoms with van der Waals surface area (Å²) in [5.41, 5.74) is 3.15. The van der Waals surface area contributed by atoms with Crippen LogP contribution in [0.1, 0.15) is 23.9 Å². The molecule has 0 saturated carbocycles. The lowest BCUT2D eigenvalue weighted by molar-refractivity contribution is -0.140. The van der Waals surface area contributed by atoms with E-state index in [9.17, 15) is 29.7 Å². The number of rotatable bonds is 16. The second-order valence-electron chi connectivity index (χ2n) is 11.3. The normalized spacial score (nSPS) is 16.7. The van der Waals surface area contributed by atoms with Gasteiger partial charge in [0.05, 0.1) is 31.0 Å². The van der Waals surface area contributed by atoms with Gasteiger partial charge < -0.3 is 15.3 Å². The number of aromatic nitrogens is 1. The summed E-state index contributed by atoms with van der Waals surface area (Å²) in [6.07, 6.45) is 0. The van der Waals surface area contributed by atoms with Crippen molar-refractivity contribution in [2.75, 3.05) is 90.0 Å². The average molecular weight is 645 g/mol. The Kier molecular flexibility index (Phi) is 16.3. The lowest BCUT2D eigenvalue weighted by Gasteiger charge is -2.33. The fourth-order valence-corrected chi connectivity index (χ4v) is 6.02. The first-order valence-electron chi connectivity index (χ1n) is 15.5. The first-order chi connectivity index (χ1) is 21.7. The highest BCUT2D eigenvalue weighted by molar-refractivity contribution is 7.99. The Morgan fingerprint density at radius 3 is 1.67 bits per heavy atom. The van der Waals surface area contributed by atoms with E-state index in [1.54, 1.807) is 4.90 Å².